The van der Waals surface area contributed by atoms with Crippen LogP contribution in [0.2, 0.25) is 0 Å². The van der Waals surface area contributed by atoms with Crippen LogP contribution in [0.5, 0.6) is 0 Å². The second-order valence-electron chi connectivity index (χ2n) is 5.74. The summed E-state index contributed by atoms with van der Waals surface area (Å²) >= 11 is 1.83. The minimum absolute atomic E-state index is 0. The zero-order valence-corrected chi connectivity index (χ0v) is 17.3. The molecule has 3 rings (SSSR count). The van der Waals surface area contributed by atoms with Crippen molar-refractivity contribution < 1.29 is 33.7 Å². The molecule has 2 heterocycles. The molecule has 3 nitrogen and oxygen atoms in total. The minimum atomic E-state index is 0. The van der Waals surface area contributed by atoms with Gasteiger partial charge in [0.25, 0.3) is 0 Å². The Bertz CT molecular complexity index is 738. The van der Waals surface area contributed by atoms with Crippen LogP contribution in [0.1, 0.15) is 23.9 Å². The van der Waals surface area contributed by atoms with E-state index < -0.39 is 0 Å². The molecular weight excluding hydrogens is 431 g/mol. The molecule has 128 valence electrons. The van der Waals surface area contributed by atoms with Crippen LogP contribution < -0.4 is 33.4 Å². The number of para-hydroxylation sites is 1. The van der Waals surface area contributed by atoms with Crippen molar-refractivity contribution in [3.8, 4) is 0 Å². The van der Waals surface area contributed by atoms with Crippen LogP contribution in [0.25, 0.3) is 6.08 Å². The Labute approximate surface area is 165 Å². The number of benzene rings is 1. The first kappa shape index (κ1) is 19.3. The summed E-state index contributed by atoms with van der Waals surface area (Å²) in [6, 6.07) is 12.9. The number of thioether (sulfide) groups is 1. The summed E-state index contributed by atoms with van der Waals surface area (Å²) in [5, 5.41) is 10.5. The van der Waals surface area contributed by atoms with Crippen molar-refractivity contribution in [1.82, 2.24) is 0 Å². The van der Waals surface area contributed by atoms with Gasteiger partial charge >= 0.3 is 0 Å². The SMILES string of the molecule is CCN1C(=Cc2cc(C)[n+](CCO)c(C)c2)Sc2ccccc21.[I-]. The van der Waals surface area contributed by atoms with Crippen molar-refractivity contribution in [2.75, 3.05) is 18.1 Å². The second-order valence-corrected chi connectivity index (χ2v) is 6.81. The summed E-state index contributed by atoms with van der Waals surface area (Å²) in [7, 11) is 0. The monoisotopic (exact) mass is 454 g/mol. The van der Waals surface area contributed by atoms with Gasteiger partial charge < -0.3 is 34.0 Å². The van der Waals surface area contributed by atoms with Gasteiger partial charge in [0.15, 0.2) is 17.9 Å². The number of nitrogens with zero attached hydrogens (tertiary/aromatic N) is 2. The summed E-state index contributed by atoms with van der Waals surface area (Å²) in [5.74, 6) is 0. The Morgan fingerprint density at radius 2 is 1.83 bits per heavy atom. The van der Waals surface area contributed by atoms with Crippen LogP contribution in [0.15, 0.2) is 46.3 Å². The third-order valence-electron chi connectivity index (χ3n) is 4.17. The van der Waals surface area contributed by atoms with E-state index in [1.165, 1.54) is 32.6 Å². The average molecular weight is 454 g/mol. The fraction of sp³-hybridized carbons (Fsp3) is 0.316. The maximum atomic E-state index is 9.19. The number of rotatable bonds is 4. The largest absolute Gasteiger partial charge is 1.00 e. The molecule has 1 aliphatic rings. The predicted molar refractivity (Wildman–Crippen MR) is 96.5 cm³/mol. The molecule has 0 unspecified atom stereocenters. The molecule has 1 N–H and O–H groups in total. The zero-order chi connectivity index (χ0) is 16.4. The number of pyridine rings is 1. The maximum absolute atomic E-state index is 9.19. The van der Waals surface area contributed by atoms with Crippen molar-refractivity contribution >= 4 is 23.5 Å². The van der Waals surface area contributed by atoms with Crippen molar-refractivity contribution in [2.45, 2.75) is 32.2 Å². The van der Waals surface area contributed by atoms with Crippen LogP contribution in [0.4, 0.5) is 5.69 Å². The summed E-state index contributed by atoms with van der Waals surface area (Å²) in [4.78, 5) is 3.68. The average Bonchev–Trinajstić information content (AvgIpc) is 2.88. The van der Waals surface area contributed by atoms with E-state index in [0.29, 0.717) is 6.54 Å². The minimum Gasteiger partial charge on any atom is -1.00 e. The number of anilines is 1. The lowest BCUT2D eigenvalue weighted by atomic mass is 10.1. The fourth-order valence-corrected chi connectivity index (χ4v) is 4.31. The first-order valence-electron chi connectivity index (χ1n) is 8.02. The van der Waals surface area contributed by atoms with Gasteiger partial charge in [0.2, 0.25) is 0 Å². The third-order valence-corrected chi connectivity index (χ3v) is 5.28. The molecule has 5 heteroatoms. The number of aliphatic hydroxyl groups excluding tert-OH is 1. The Kier molecular flexibility index (Phi) is 6.71. The predicted octanol–water partition coefficient (Wildman–Crippen LogP) is 0.518. The summed E-state index contributed by atoms with van der Waals surface area (Å²) in [6.07, 6.45) is 2.26. The smallest absolute Gasteiger partial charge is 0.179 e. The zero-order valence-electron chi connectivity index (χ0n) is 14.3. The van der Waals surface area contributed by atoms with Crippen molar-refractivity contribution in [1.29, 1.82) is 0 Å². The van der Waals surface area contributed by atoms with Gasteiger partial charge in [-0.3, -0.25) is 0 Å². The summed E-state index contributed by atoms with van der Waals surface area (Å²) < 4.78 is 2.15. The lowest BCUT2D eigenvalue weighted by Gasteiger charge is -2.18. The molecule has 1 aliphatic heterocycles. The number of fused-ring (bicyclic) bond motifs is 1. The molecule has 0 saturated heterocycles. The van der Waals surface area contributed by atoms with Gasteiger partial charge in [-0.2, -0.15) is 4.57 Å². The second kappa shape index (κ2) is 8.36. The number of halogens is 1. The number of aromatic nitrogens is 1. The van der Waals surface area contributed by atoms with Gasteiger partial charge in [-0.25, -0.2) is 0 Å². The Morgan fingerprint density at radius 3 is 2.46 bits per heavy atom. The molecule has 0 aliphatic carbocycles. The number of aliphatic hydroxyl groups is 1. The quantitative estimate of drug-likeness (QED) is 0.540. The van der Waals surface area contributed by atoms with E-state index in [1.807, 2.05) is 11.8 Å². The number of hydrogen-bond donors (Lipinski definition) is 1. The summed E-state index contributed by atoms with van der Waals surface area (Å²) in [5.41, 5.74) is 4.86. The Hall–Kier alpha value is -1.05. The van der Waals surface area contributed by atoms with Gasteiger partial charge in [0, 0.05) is 37.4 Å². The lowest BCUT2D eigenvalue weighted by molar-refractivity contribution is -0.709. The molecule has 0 radical (unpaired) electrons. The van der Waals surface area contributed by atoms with Crippen molar-refractivity contribution in [3.05, 3.63) is 58.4 Å². The van der Waals surface area contributed by atoms with Gasteiger partial charge in [0.05, 0.1) is 10.7 Å². The Balaban J connectivity index is 0.00000208. The molecule has 24 heavy (non-hydrogen) atoms. The fourth-order valence-electron chi connectivity index (χ4n) is 3.12. The van der Waals surface area contributed by atoms with E-state index in [9.17, 15) is 5.11 Å². The van der Waals surface area contributed by atoms with E-state index in [4.69, 9.17) is 0 Å². The highest BCUT2D eigenvalue weighted by molar-refractivity contribution is 8.03. The maximum Gasteiger partial charge on any atom is 0.179 e. The third kappa shape index (κ3) is 3.78. The first-order valence-corrected chi connectivity index (χ1v) is 8.83. The normalized spacial score (nSPS) is 14.7. The number of aryl methyl sites for hydroxylation is 2. The van der Waals surface area contributed by atoms with Crippen molar-refractivity contribution in [3.63, 3.8) is 0 Å². The standard InChI is InChI=1S/C19H23N2OS.HI/c1-4-20-17-7-5-6-8-18(17)23-19(20)13-16-11-14(2)21(9-10-22)15(3)12-16;/h5-8,11-13,22H,4,9-10H2,1-3H3;1H/q+1;/p-1. The molecule has 0 saturated carbocycles. The van der Waals surface area contributed by atoms with Gasteiger partial charge in [-0.1, -0.05) is 23.9 Å². The van der Waals surface area contributed by atoms with Gasteiger partial charge in [-0.05, 0) is 30.7 Å². The van der Waals surface area contributed by atoms with Gasteiger partial charge in [-0.15, -0.1) is 0 Å². The highest BCUT2D eigenvalue weighted by Crippen LogP contribution is 2.46. The molecule has 0 spiro atoms. The van der Waals surface area contributed by atoms with E-state index in [0.717, 1.165) is 6.54 Å². The van der Waals surface area contributed by atoms with Crippen LogP contribution in [0.3, 0.4) is 0 Å². The molecule has 0 atom stereocenters. The van der Waals surface area contributed by atoms with E-state index in [1.54, 1.807) is 0 Å². The van der Waals surface area contributed by atoms with Crippen LogP contribution >= 0.6 is 11.8 Å². The van der Waals surface area contributed by atoms with Crippen molar-refractivity contribution in [2.24, 2.45) is 0 Å². The molecule has 1 aromatic carbocycles. The Morgan fingerprint density at radius 1 is 1.17 bits per heavy atom. The molecule has 0 amide bonds. The van der Waals surface area contributed by atoms with E-state index >= 15 is 0 Å². The molecule has 2 aromatic rings. The highest BCUT2D eigenvalue weighted by atomic mass is 127. The van der Waals surface area contributed by atoms with E-state index in [-0.39, 0.29) is 30.6 Å². The summed E-state index contributed by atoms with van der Waals surface area (Å²) in [6.45, 7) is 8.16. The van der Waals surface area contributed by atoms with E-state index in [2.05, 4.69) is 72.7 Å². The number of hydrogen-bond acceptors (Lipinski definition) is 3. The first-order chi connectivity index (χ1) is 11.1. The highest BCUT2D eigenvalue weighted by Gasteiger charge is 2.23. The topological polar surface area (TPSA) is 27.4 Å². The van der Waals surface area contributed by atoms with Gasteiger partial charge in [0.1, 0.15) is 6.61 Å². The van der Waals surface area contributed by atoms with Crippen LogP contribution in [-0.4, -0.2) is 18.3 Å². The lowest BCUT2D eigenvalue weighted by Crippen LogP contribution is -3.00. The van der Waals surface area contributed by atoms with Crippen LogP contribution in [0, 0.1) is 13.8 Å². The molecule has 0 bridgehead atoms. The molecule has 1 aromatic heterocycles. The molecular formula is C19H23IN2OS. The molecule has 0 fully saturated rings. The van der Waals surface area contributed by atoms with Crippen LogP contribution in [-0.2, 0) is 6.54 Å².